The van der Waals surface area contributed by atoms with Gasteiger partial charge >= 0.3 is 0 Å². The van der Waals surface area contributed by atoms with Gasteiger partial charge in [0, 0.05) is 24.1 Å². The van der Waals surface area contributed by atoms with Crippen LogP contribution in [0, 0.1) is 5.82 Å². The first-order valence-electron chi connectivity index (χ1n) is 10.5. The summed E-state index contributed by atoms with van der Waals surface area (Å²) >= 11 is 5.64. The first kappa shape index (κ1) is 22.3. The third-order valence-corrected chi connectivity index (χ3v) is 6.94. The number of amides is 2. The van der Waals surface area contributed by atoms with E-state index in [9.17, 15) is 19.1 Å². The van der Waals surface area contributed by atoms with Gasteiger partial charge < -0.3 is 20.5 Å². The topological polar surface area (TPSA) is 109 Å². The minimum absolute atomic E-state index is 0.0186. The van der Waals surface area contributed by atoms with Crippen LogP contribution in [0.2, 0.25) is 5.02 Å². The minimum atomic E-state index is -0.780. The summed E-state index contributed by atoms with van der Waals surface area (Å²) in [6.07, 6.45) is 1.94. The lowest BCUT2D eigenvalue weighted by Gasteiger charge is -2.56. The fraction of sp³-hybridized carbons (Fsp3) is 0.619. The van der Waals surface area contributed by atoms with E-state index in [0.717, 1.165) is 6.07 Å². The largest absolute Gasteiger partial charge is 0.484 e. The van der Waals surface area contributed by atoms with Crippen LogP contribution in [-0.4, -0.2) is 52.9 Å². The lowest BCUT2D eigenvalue weighted by atomic mass is 9.59. The zero-order chi connectivity index (χ0) is 22.2. The first-order chi connectivity index (χ1) is 14.7. The summed E-state index contributed by atoms with van der Waals surface area (Å²) in [5, 5.41) is 16.8. The summed E-state index contributed by atoms with van der Waals surface area (Å²) in [6.45, 7) is 1.66. The van der Waals surface area contributed by atoms with Crippen LogP contribution in [0.1, 0.15) is 45.4 Å². The molecule has 0 aromatic heterocycles. The molecule has 1 aromatic carbocycles. The quantitative estimate of drug-likeness (QED) is 0.518. The molecule has 2 amide bonds. The predicted octanol–water partition coefficient (Wildman–Crippen LogP) is 1.59. The minimum Gasteiger partial charge on any atom is -0.484 e. The molecule has 0 radical (unpaired) electrons. The number of nitrogens with one attached hydrogen (secondary N) is 3. The number of carbonyl (C=O) groups is 2. The van der Waals surface area contributed by atoms with Gasteiger partial charge in [0.05, 0.1) is 16.7 Å². The second-order valence-corrected chi connectivity index (χ2v) is 9.33. The van der Waals surface area contributed by atoms with Gasteiger partial charge in [-0.05, 0) is 51.2 Å². The lowest BCUT2D eigenvalue weighted by Crippen LogP contribution is -2.71. The Hall–Kier alpha value is -1.94. The van der Waals surface area contributed by atoms with Gasteiger partial charge in [-0.25, -0.2) is 4.39 Å². The molecule has 31 heavy (non-hydrogen) atoms. The number of hydrogen-bond acceptors (Lipinski definition) is 6. The zero-order valence-electron chi connectivity index (χ0n) is 17.2. The van der Waals surface area contributed by atoms with Crippen molar-refractivity contribution in [2.75, 3.05) is 6.61 Å². The van der Waals surface area contributed by atoms with Gasteiger partial charge in [-0.3, -0.25) is 14.4 Å². The van der Waals surface area contributed by atoms with Crippen molar-refractivity contribution in [3.63, 3.8) is 0 Å². The number of hydrogen-bond donors (Lipinski definition) is 4. The molecule has 4 N–H and O–H groups in total. The van der Waals surface area contributed by atoms with Crippen molar-refractivity contribution in [3.05, 3.63) is 29.0 Å². The van der Waals surface area contributed by atoms with Crippen LogP contribution in [0.4, 0.5) is 4.39 Å². The van der Waals surface area contributed by atoms with Crippen molar-refractivity contribution in [3.8, 4) is 5.75 Å². The SMILES string of the molecule is CC1CC(C(=O)NC23CCC(NC(=O)COc4ccc(Cl)c(F)c4)(CC2)CC3O)ON1. The molecular formula is C21H27ClFN3O5. The molecule has 8 nitrogen and oxygen atoms in total. The predicted molar refractivity (Wildman–Crippen MR) is 110 cm³/mol. The Bertz CT molecular complexity index is 861. The van der Waals surface area contributed by atoms with E-state index in [-0.39, 0.29) is 35.2 Å². The van der Waals surface area contributed by atoms with E-state index in [1.807, 2.05) is 6.92 Å². The molecule has 10 heteroatoms. The second kappa shape index (κ2) is 8.54. The van der Waals surface area contributed by atoms with Crippen molar-refractivity contribution in [1.82, 2.24) is 16.1 Å². The van der Waals surface area contributed by atoms with Crippen LogP contribution in [0.15, 0.2) is 18.2 Å². The molecule has 4 fully saturated rings. The molecule has 3 unspecified atom stereocenters. The second-order valence-electron chi connectivity index (χ2n) is 8.92. The highest BCUT2D eigenvalue weighted by Gasteiger charge is 2.55. The molecule has 1 heterocycles. The third-order valence-electron chi connectivity index (χ3n) is 6.63. The van der Waals surface area contributed by atoms with Gasteiger partial charge in [0.25, 0.3) is 11.8 Å². The number of rotatable bonds is 6. The number of aliphatic hydroxyl groups excluding tert-OH is 1. The smallest absolute Gasteiger partial charge is 0.258 e. The van der Waals surface area contributed by atoms with Gasteiger partial charge in [0.2, 0.25) is 0 Å². The van der Waals surface area contributed by atoms with E-state index in [1.54, 1.807) is 0 Å². The van der Waals surface area contributed by atoms with Crippen molar-refractivity contribution in [2.45, 2.75) is 74.8 Å². The lowest BCUT2D eigenvalue weighted by molar-refractivity contribution is -0.143. The van der Waals surface area contributed by atoms with Gasteiger partial charge in [-0.2, -0.15) is 5.48 Å². The molecule has 1 saturated heterocycles. The Kier molecular flexibility index (Phi) is 6.13. The third kappa shape index (κ3) is 4.64. The highest BCUT2D eigenvalue weighted by atomic mass is 35.5. The highest BCUT2D eigenvalue weighted by Crippen LogP contribution is 2.47. The fourth-order valence-electron chi connectivity index (χ4n) is 4.81. The fourth-order valence-corrected chi connectivity index (χ4v) is 4.93. The Morgan fingerprint density at radius 2 is 2.06 bits per heavy atom. The molecule has 4 aliphatic rings. The Labute approximate surface area is 184 Å². The van der Waals surface area contributed by atoms with E-state index in [1.165, 1.54) is 12.1 Å². The summed E-state index contributed by atoms with van der Waals surface area (Å²) in [7, 11) is 0. The average Bonchev–Trinajstić information content (AvgIpc) is 3.17. The molecule has 3 aliphatic carbocycles. The normalized spacial score (nSPS) is 34.4. The van der Waals surface area contributed by atoms with Gasteiger partial charge in [-0.15, -0.1) is 0 Å². The Balaban J connectivity index is 1.31. The Morgan fingerprint density at radius 1 is 1.32 bits per heavy atom. The van der Waals surface area contributed by atoms with Crippen molar-refractivity contribution in [2.24, 2.45) is 0 Å². The summed E-state index contributed by atoms with van der Waals surface area (Å²) in [4.78, 5) is 30.4. The van der Waals surface area contributed by atoms with E-state index < -0.39 is 29.1 Å². The first-order valence-corrected chi connectivity index (χ1v) is 10.9. The van der Waals surface area contributed by atoms with E-state index in [2.05, 4.69) is 16.1 Å². The van der Waals surface area contributed by atoms with E-state index >= 15 is 0 Å². The molecular weight excluding hydrogens is 429 g/mol. The van der Waals surface area contributed by atoms with Crippen LogP contribution in [0.3, 0.4) is 0 Å². The molecule has 5 rings (SSSR count). The molecule has 3 saturated carbocycles. The average molecular weight is 456 g/mol. The maximum Gasteiger partial charge on any atom is 0.258 e. The van der Waals surface area contributed by atoms with Crippen molar-refractivity contribution in [1.29, 1.82) is 0 Å². The number of carbonyl (C=O) groups excluding carboxylic acids is 2. The maximum absolute atomic E-state index is 13.5. The number of fused-ring (bicyclic) bond motifs is 3. The molecule has 1 aromatic rings. The Morgan fingerprint density at radius 3 is 2.68 bits per heavy atom. The van der Waals surface area contributed by atoms with Crippen LogP contribution in [-0.2, 0) is 14.4 Å². The van der Waals surface area contributed by atoms with E-state index in [4.69, 9.17) is 21.2 Å². The number of halogens is 2. The van der Waals surface area contributed by atoms with Gasteiger partial charge in [-0.1, -0.05) is 11.6 Å². The van der Waals surface area contributed by atoms with Crippen LogP contribution < -0.4 is 20.9 Å². The number of aliphatic hydroxyl groups is 1. The van der Waals surface area contributed by atoms with Crippen LogP contribution in [0.25, 0.3) is 0 Å². The summed E-state index contributed by atoms with van der Waals surface area (Å²) < 4.78 is 18.9. The monoisotopic (exact) mass is 455 g/mol. The summed E-state index contributed by atoms with van der Waals surface area (Å²) in [6, 6.07) is 4.08. The maximum atomic E-state index is 13.5. The standard InChI is InChI=1S/C21H27ClFN3O5/c1-12-8-16(31-26-12)19(29)25-21-6-4-20(5-7-21,10-17(21)27)24-18(28)11-30-13-2-3-14(22)15(23)9-13/h2-3,9,12,16-17,26-27H,4-8,10-11H2,1H3,(H,24,28)(H,25,29). The van der Waals surface area contributed by atoms with E-state index in [0.29, 0.717) is 38.5 Å². The molecule has 170 valence electrons. The summed E-state index contributed by atoms with van der Waals surface area (Å²) in [5.74, 6) is -0.979. The molecule has 2 bridgehead atoms. The molecule has 1 aliphatic heterocycles. The van der Waals surface area contributed by atoms with Crippen molar-refractivity contribution >= 4 is 23.4 Å². The molecule has 3 atom stereocenters. The highest BCUT2D eigenvalue weighted by molar-refractivity contribution is 6.30. The van der Waals surface area contributed by atoms with Gasteiger partial charge in [0.15, 0.2) is 12.7 Å². The van der Waals surface area contributed by atoms with Crippen LogP contribution in [0.5, 0.6) is 5.75 Å². The summed E-state index contributed by atoms with van der Waals surface area (Å²) in [5.41, 5.74) is 1.54. The van der Waals surface area contributed by atoms with Crippen LogP contribution >= 0.6 is 11.6 Å². The van der Waals surface area contributed by atoms with Crippen molar-refractivity contribution < 1.29 is 28.7 Å². The molecule has 0 spiro atoms. The van der Waals surface area contributed by atoms with Gasteiger partial charge in [0.1, 0.15) is 11.6 Å². The number of hydroxylamine groups is 1. The number of ether oxygens (including phenoxy) is 1. The number of benzene rings is 1. The zero-order valence-corrected chi connectivity index (χ0v) is 18.0.